The van der Waals surface area contributed by atoms with E-state index in [2.05, 4.69) is 12.2 Å². The van der Waals surface area contributed by atoms with Crippen molar-refractivity contribution in [3.8, 4) is 0 Å². The molecule has 15 heavy (non-hydrogen) atoms. The summed E-state index contributed by atoms with van der Waals surface area (Å²) < 4.78 is 11.5. The number of carbonyl (C=O) groups excluding carboxylic acids is 1. The molecule has 84 valence electrons. The Balaban J connectivity index is 1.98. The van der Waals surface area contributed by atoms with Gasteiger partial charge >= 0.3 is 0 Å². The highest BCUT2D eigenvalue weighted by Crippen LogP contribution is 2.37. The Morgan fingerprint density at radius 1 is 1.53 bits per heavy atom. The number of ether oxygens (including phenoxy) is 2. The van der Waals surface area contributed by atoms with Gasteiger partial charge in [0.05, 0.1) is 6.10 Å². The Labute approximate surface area is 90.4 Å². The average Bonchev–Trinajstić information content (AvgIpc) is 2.36. The van der Waals surface area contributed by atoms with E-state index in [-0.39, 0.29) is 18.0 Å². The molecule has 0 aromatic carbocycles. The standard InChI is InChI=1S/C12H18O3/c1-8(13)11-9(2)14-12(3,15-11)7-10-5-4-6-10/h4-5,9-11H,6-7H2,1-3H3/t9-,10?,11+,12?/m1/s1. The topological polar surface area (TPSA) is 35.5 Å². The summed E-state index contributed by atoms with van der Waals surface area (Å²) in [5.74, 6) is 0.0221. The van der Waals surface area contributed by atoms with Gasteiger partial charge in [0, 0.05) is 6.42 Å². The molecule has 1 aliphatic carbocycles. The maximum Gasteiger partial charge on any atom is 0.167 e. The summed E-state index contributed by atoms with van der Waals surface area (Å²) in [6, 6.07) is 0. The Morgan fingerprint density at radius 3 is 2.60 bits per heavy atom. The van der Waals surface area contributed by atoms with Crippen molar-refractivity contribution in [1.29, 1.82) is 0 Å². The maximum atomic E-state index is 11.3. The van der Waals surface area contributed by atoms with E-state index in [0.717, 1.165) is 12.8 Å². The summed E-state index contributed by atoms with van der Waals surface area (Å²) in [5.41, 5.74) is 0. The van der Waals surface area contributed by atoms with Crippen LogP contribution in [0.5, 0.6) is 0 Å². The Hall–Kier alpha value is -0.670. The molecule has 0 spiro atoms. The van der Waals surface area contributed by atoms with E-state index in [1.807, 2.05) is 13.8 Å². The normalized spacial score (nSPS) is 44.1. The maximum absolute atomic E-state index is 11.3. The Kier molecular flexibility index (Phi) is 2.69. The molecule has 4 atom stereocenters. The minimum absolute atomic E-state index is 0.0513. The third kappa shape index (κ3) is 2.13. The Morgan fingerprint density at radius 2 is 2.20 bits per heavy atom. The fraction of sp³-hybridized carbons (Fsp3) is 0.750. The van der Waals surface area contributed by atoms with Crippen LogP contribution in [0.15, 0.2) is 12.2 Å². The van der Waals surface area contributed by atoms with Crippen molar-refractivity contribution < 1.29 is 14.3 Å². The predicted molar refractivity (Wildman–Crippen MR) is 56.4 cm³/mol. The van der Waals surface area contributed by atoms with Crippen LogP contribution < -0.4 is 0 Å². The SMILES string of the molecule is CC(=O)[C@@H]1OC(C)(CC2C=CC2)O[C@@H]1C. The van der Waals surface area contributed by atoms with Crippen molar-refractivity contribution in [2.24, 2.45) is 5.92 Å². The van der Waals surface area contributed by atoms with E-state index in [1.54, 1.807) is 6.92 Å². The Bertz CT molecular complexity index is 297. The van der Waals surface area contributed by atoms with Crippen molar-refractivity contribution in [2.45, 2.75) is 51.6 Å². The first kappa shape index (κ1) is 10.8. The van der Waals surface area contributed by atoms with E-state index in [1.165, 1.54) is 0 Å². The zero-order valence-corrected chi connectivity index (χ0v) is 9.53. The molecule has 2 rings (SSSR count). The molecule has 0 bridgehead atoms. The molecule has 0 amide bonds. The molecule has 1 heterocycles. The molecule has 0 radical (unpaired) electrons. The lowest BCUT2D eigenvalue weighted by Crippen LogP contribution is -2.31. The predicted octanol–water partition coefficient (Wildman–Crippen LogP) is 2.06. The minimum Gasteiger partial charge on any atom is -0.344 e. The summed E-state index contributed by atoms with van der Waals surface area (Å²) in [4.78, 5) is 11.3. The number of Topliss-reactive ketones (excluding diaryl/α,β-unsaturated/α-hetero) is 1. The molecule has 2 aliphatic rings. The average molecular weight is 210 g/mol. The number of allylic oxidation sites excluding steroid dienone is 2. The van der Waals surface area contributed by atoms with Crippen molar-refractivity contribution in [1.82, 2.24) is 0 Å². The van der Waals surface area contributed by atoms with Gasteiger partial charge in [-0.25, -0.2) is 0 Å². The number of rotatable bonds is 3. The van der Waals surface area contributed by atoms with Gasteiger partial charge in [0.25, 0.3) is 0 Å². The number of hydrogen-bond acceptors (Lipinski definition) is 3. The summed E-state index contributed by atoms with van der Waals surface area (Å²) in [6.07, 6.45) is 5.74. The summed E-state index contributed by atoms with van der Waals surface area (Å²) >= 11 is 0. The molecular weight excluding hydrogens is 192 g/mol. The van der Waals surface area contributed by atoms with Gasteiger partial charge in [0.1, 0.15) is 6.10 Å². The van der Waals surface area contributed by atoms with Crippen LogP contribution in [0.1, 0.15) is 33.6 Å². The van der Waals surface area contributed by atoms with Crippen molar-refractivity contribution >= 4 is 5.78 Å². The summed E-state index contributed by atoms with van der Waals surface area (Å²) in [5, 5.41) is 0. The molecule has 0 aromatic rings. The van der Waals surface area contributed by atoms with Crippen molar-refractivity contribution in [3.05, 3.63) is 12.2 Å². The van der Waals surface area contributed by atoms with Crippen LogP contribution in [-0.2, 0) is 14.3 Å². The number of ketones is 1. The smallest absolute Gasteiger partial charge is 0.167 e. The second-order valence-corrected chi connectivity index (χ2v) is 4.73. The largest absolute Gasteiger partial charge is 0.344 e. The van der Waals surface area contributed by atoms with Crippen molar-refractivity contribution in [2.75, 3.05) is 0 Å². The lowest BCUT2D eigenvalue weighted by atomic mass is 9.89. The van der Waals surface area contributed by atoms with Gasteiger partial charge in [-0.3, -0.25) is 4.79 Å². The monoisotopic (exact) mass is 210 g/mol. The molecule has 3 heteroatoms. The number of carbonyl (C=O) groups is 1. The third-order valence-corrected chi connectivity index (χ3v) is 3.12. The third-order valence-electron chi connectivity index (χ3n) is 3.12. The van der Waals surface area contributed by atoms with Gasteiger partial charge in [-0.2, -0.15) is 0 Å². The molecule has 1 aliphatic heterocycles. The van der Waals surface area contributed by atoms with Gasteiger partial charge in [-0.1, -0.05) is 12.2 Å². The van der Waals surface area contributed by atoms with E-state index in [4.69, 9.17) is 9.47 Å². The summed E-state index contributed by atoms with van der Waals surface area (Å²) in [6.45, 7) is 5.38. The van der Waals surface area contributed by atoms with E-state index in [0.29, 0.717) is 5.92 Å². The first-order valence-electron chi connectivity index (χ1n) is 5.53. The van der Waals surface area contributed by atoms with Gasteiger partial charge in [0.15, 0.2) is 11.6 Å². The molecule has 1 saturated heterocycles. The molecule has 0 N–H and O–H groups in total. The molecular formula is C12H18O3. The van der Waals surface area contributed by atoms with Gasteiger partial charge in [-0.15, -0.1) is 0 Å². The molecule has 3 nitrogen and oxygen atoms in total. The fourth-order valence-electron chi connectivity index (χ4n) is 2.31. The first-order chi connectivity index (χ1) is 7.00. The molecule has 0 aromatic heterocycles. The highest BCUT2D eigenvalue weighted by atomic mass is 16.8. The zero-order valence-electron chi connectivity index (χ0n) is 9.53. The highest BCUT2D eigenvalue weighted by molar-refractivity contribution is 5.81. The number of hydrogen-bond donors (Lipinski definition) is 0. The second-order valence-electron chi connectivity index (χ2n) is 4.73. The fourth-order valence-corrected chi connectivity index (χ4v) is 2.31. The van der Waals surface area contributed by atoms with E-state index in [9.17, 15) is 4.79 Å². The van der Waals surface area contributed by atoms with Crippen LogP contribution in [0.4, 0.5) is 0 Å². The lowest BCUT2D eigenvalue weighted by molar-refractivity contribution is -0.173. The van der Waals surface area contributed by atoms with Gasteiger partial charge in [0.2, 0.25) is 0 Å². The van der Waals surface area contributed by atoms with Crippen LogP contribution in [0.2, 0.25) is 0 Å². The molecule has 2 unspecified atom stereocenters. The highest BCUT2D eigenvalue weighted by Gasteiger charge is 2.45. The van der Waals surface area contributed by atoms with Gasteiger partial charge in [-0.05, 0) is 33.1 Å². The van der Waals surface area contributed by atoms with Crippen molar-refractivity contribution in [3.63, 3.8) is 0 Å². The summed E-state index contributed by atoms with van der Waals surface area (Å²) in [7, 11) is 0. The second kappa shape index (κ2) is 3.72. The van der Waals surface area contributed by atoms with E-state index < -0.39 is 5.79 Å². The molecule has 1 fully saturated rings. The van der Waals surface area contributed by atoms with Crippen LogP contribution in [-0.4, -0.2) is 23.8 Å². The van der Waals surface area contributed by atoms with Crippen LogP contribution in [0, 0.1) is 5.92 Å². The van der Waals surface area contributed by atoms with Crippen LogP contribution in [0.25, 0.3) is 0 Å². The van der Waals surface area contributed by atoms with E-state index >= 15 is 0 Å². The zero-order chi connectivity index (χ0) is 11.1. The first-order valence-corrected chi connectivity index (χ1v) is 5.53. The van der Waals surface area contributed by atoms with Gasteiger partial charge < -0.3 is 9.47 Å². The quantitative estimate of drug-likeness (QED) is 0.669. The van der Waals surface area contributed by atoms with Crippen LogP contribution >= 0.6 is 0 Å². The van der Waals surface area contributed by atoms with Crippen LogP contribution in [0.3, 0.4) is 0 Å². The lowest BCUT2D eigenvalue weighted by Gasteiger charge is -2.29. The minimum atomic E-state index is -0.578. The molecule has 0 saturated carbocycles.